The van der Waals surface area contributed by atoms with Gasteiger partial charge in [-0.2, -0.15) is 0 Å². The molecule has 1 aliphatic rings. The van der Waals surface area contributed by atoms with Crippen molar-refractivity contribution in [2.75, 3.05) is 11.9 Å². The lowest BCUT2D eigenvalue weighted by molar-refractivity contribution is -0.117. The summed E-state index contributed by atoms with van der Waals surface area (Å²) in [6, 6.07) is 21.9. The molecule has 1 aliphatic heterocycles. The fourth-order valence-corrected chi connectivity index (χ4v) is 4.25. The van der Waals surface area contributed by atoms with E-state index in [0.29, 0.717) is 30.8 Å². The molecule has 0 saturated heterocycles. The highest BCUT2D eigenvalue weighted by Crippen LogP contribution is 2.24. The number of anilines is 1. The molecule has 34 heavy (non-hydrogen) atoms. The minimum Gasteiger partial charge on any atom is -0.369 e. The minimum atomic E-state index is -0.357. The molecule has 7 nitrogen and oxygen atoms in total. The number of rotatable bonds is 6. The first kappa shape index (κ1) is 23.0. The van der Waals surface area contributed by atoms with Gasteiger partial charge in [0.15, 0.2) is 0 Å². The van der Waals surface area contributed by atoms with E-state index >= 15 is 0 Å². The molecule has 7 heteroatoms. The quantitative estimate of drug-likeness (QED) is 0.525. The molecular formula is C27H28N4O3. The molecule has 174 valence electrons. The first-order chi connectivity index (χ1) is 16.4. The number of carbonyl (C=O) groups is 3. The van der Waals surface area contributed by atoms with Crippen molar-refractivity contribution in [3.8, 4) is 0 Å². The molecule has 0 aromatic heterocycles. The van der Waals surface area contributed by atoms with Crippen molar-refractivity contribution in [2.45, 2.75) is 32.4 Å². The third-order valence-corrected chi connectivity index (χ3v) is 6.04. The summed E-state index contributed by atoms with van der Waals surface area (Å²) >= 11 is 0. The molecule has 1 unspecified atom stereocenters. The van der Waals surface area contributed by atoms with Crippen LogP contribution in [-0.2, 0) is 24.2 Å². The number of urea groups is 1. The Morgan fingerprint density at radius 2 is 1.76 bits per heavy atom. The molecule has 1 atom stereocenters. The van der Waals surface area contributed by atoms with Crippen LogP contribution in [0.15, 0.2) is 72.8 Å². The Labute approximate surface area is 199 Å². The van der Waals surface area contributed by atoms with Gasteiger partial charge in [0, 0.05) is 24.3 Å². The Hall–Kier alpha value is -4.13. The topological polar surface area (TPSA) is 105 Å². The van der Waals surface area contributed by atoms with Gasteiger partial charge in [0.1, 0.15) is 0 Å². The van der Waals surface area contributed by atoms with Crippen LogP contribution in [-0.4, -0.2) is 29.3 Å². The lowest BCUT2D eigenvalue weighted by atomic mass is 9.93. The van der Waals surface area contributed by atoms with Gasteiger partial charge in [0.2, 0.25) is 5.91 Å². The number of nitrogens with zero attached hydrogens (tertiary/aromatic N) is 1. The SMILES string of the molecule is CC(NC(=O)N1CCc2c(CC(N)=O)cccc2C1)c1cccc(NC(=O)c2ccccc2)c1. The molecule has 4 rings (SSSR count). The van der Waals surface area contributed by atoms with Gasteiger partial charge in [-0.1, -0.05) is 48.5 Å². The van der Waals surface area contributed by atoms with E-state index in [4.69, 9.17) is 5.73 Å². The molecule has 4 amide bonds. The van der Waals surface area contributed by atoms with Crippen LogP contribution in [0.5, 0.6) is 0 Å². The van der Waals surface area contributed by atoms with Crippen LogP contribution in [0.1, 0.15) is 45.6 Å². The summed E-state index contributed by atoms with van der Waals surface area (Å²) in [6.45, 7) is 2.96. The maximum absolute atomic E-state index is 13.0. The molecule has 4 N–H and O–H groups in total. The van der Waals surface area contributed by atoms with E-state index in [0.717, 1.165) is 22.3 Å². The number of hydrogen-bond donors (Lipinski definition) is 3. The molecule has 0 bridgehead atoms. The van der Waals surface area contributed by atoms with Gasteiger partial charge in [-0.15, -0.1) is 0 Å². The summed E-state index contributed by atoms with van der Waals surface area (Å²) in [4.78, 5) is 38.6. The highest BCUT2D eigenvalue weighted by Gasteiger charge is 2.24. The van der Waals surface area contributed by atoms with Crippen LogP contribution < -0.4 is 16.4 Å². The third kappa shape index (κ3) is 5.43. The van der Waals surface area contributed by atoms with E-state index in [1.807, 2.05) is 67.6 Å². The van der Waals surface area contributed by atoms with Gasteiger partial charge in [-0.05, 0) is 59.9 Å². The van der Waals surface area contributed by atoms with Gasteiger partial charge >= 0.3 is 6.03 Å². The summed E-state index contributed by atoms with van der Waals surface area (Å²) in [7, 11) is 0. The second-order valence-corrected chi connectivity index (χ2v) is 8.49. The van der Waals surface area contributed by atoms with Gasteiger partial charge in [-0.25, -0.2) is 4.79 Å². The van der Waals surface area contributed by atoms with Crippen molar-refractivity contribution >= 4 is 23.5 Å². The van der Waals surface area contributed by atoms with Crippen molar-refractivity contribution < 1.29 is 14.4 Å². The van der Waals surface area contributed by atoms with E-state index in [1.54, 1.807) is 17.0 Å². The Kier molecular flexibility index (Phi) is 6.92. The number of fused-ring (bicyclic) bond motifs is 1. The number of hydrogen-bond acceptors (Lipinski definition) is 3. The average molecular weight is 457 g/mol. The smallest absolute Gasteiger partial charge is 0.318 e. The highest BCUT2D eigenvalue weighted by atomic mass is 16.2. The van der Waals surface area contributed by atoms with Gasteiger partial charge < -0.3 is 21.3 Å². The maximum atomic E-state index is 13.0. The molecule has 0 aliphatic carbocycles. The molecule has 0 saturated carbocycles. The number of carbonyl (C=O) groups excluding carboxylic acids is 3. The number of primary amides is 1. The fourth-order valence-electron chi connectivity index (χ4n) is 4.25. The van der Waals surface area contributed by atoms with Crippen LogP contribution in [0.3, 0.4) is 0 Å². The average Bonchev–Trinajstić information content (AvgIpc) is 2.84. The van der Waals surface area contributed by atoms with Crippen molar-refractivity contribution in [2.24, 2.45) is 5.73 Å². The fraction of sp³-hybridized carbons (Fsp3) is 0.222. The Morgan fingerprint density at radius 3 is 2.53 bits per heavy atom. The number of nitrogens with one attached hydrogen (secondary N) is 2. The molecule has 0 radical (unpaired) electrons. The molecule has 3 aromatic carbocycles. The first-order valence-electron chi connectivity index (χ1n) is 11.3. The van der Waals surface area contributed by atoms with Gasteiger partial charge in [0.25, 0.3) is 5.91 Å². The molecule has 0 fully saturated rings. The number of benzene rings is 3. The zero-order valence-corrected chi connectivity index (χ0v) is 19.1. The number of amides is 4. The maximum Gasteiger partial charge on any atom is 0.318 e. The Morgan fingerprint density at radius 1 is 1.00 bits per heavy atom. The standard InChI is InChI=1S/C27H28N4O3/c1-18(20-9-6-12-23(15-20)30-26(33)19-7-3-2-4-8-19)29-27(34)31-14-13-24-21(16-25(28)32)10-5-11-22(24)17-31/h2-12,15,18H,13-14,16-17H2,1H3,(H2,28,32)(H,29,34)(H,30,33). The third-order valence-electron chi connectivity index (χ3n) is 6.04. The Bertz CT molecular complexity index is 1210. The molecular weight excluding hydrogens is 428 g/mol. The highest BCUT2D eigenvalue weighted by molar-refractivity contribution is 6.04. The van der Waals surface area contributed by atoms with Crippen molar-refractivity contribution in [1.82, 2.24) is 10.2 Å². The monoisotopic (exact) mass is 456 g/mol. The lowest BCUT2D eigenvalue weighted by Crippen LogP contribution is -2.43. The zero-order chi connectivity index (χ0) is 24.1. The zero-order valence-electron chi connectivity index (χ0n) is 19.1. The van der Waals surface area contributed by atoms with E-state index in [1.165, 1.54) is 0 Å². The molecule has 0 spiro atoms. The lowest BCUT2D eigenvalue weighted by Gasteiger charge is -2.31. The Balaban J connectivity index is 1.39. The van der Waals surface area contributed by atoms with E-state index < -0.39 is 0 Å². The normalized spacial score (nSPS) is 13.5. The number of nitrogens with two attached hydrogens (primary N) is 1. The van der Waals surface area contributed by atoms with E-state index in [9.17, 15) is 14.4 Å². The van der Waals surface area contributed by atoms with E-state index in [2.05, 4.69) is 10.6 Å². The van der Waals surface area contributed by atoms with Crippen LogP contribution in [0.2, 0.25) is 0 Å². The van der Waals surface area contributed by atoms with Crippen molar-refractivity contribution in [1.29, 1.82) is 0 Å². The molecule has 3 aromatic rings. The summed E-state index contributed by atoms with van der Waals surface area (Å²) in [6.07, 6.45) is 0.894. The molecule has 1 heterocycles. The van der Waals surface area contributed by atoms with Crippen LogP contribution in [0.25, 0.3) is 0 Å². The summed E-state index contributed by atoms with van der Waals surface area (Å²) in [5.74, 6) is -0.540. The summed E-state index contributed by atoms with van der Waals surface area (Å²) in [5.41, 5.74) is 10.6. The van der Waals surface area contributed by atoms with Gasteiger partial charge in [0.05, 0.1) is 12.5 Å². The van der Waals surface area contributed by atoms with Crippen molar-refractivity contribution in [3.05, 3.63) is 101 Å². The van der Waals surface area contributed by atoms with Crippen LogP contribution >= 0.6 is 0 Å². The summed E-state index contributed by atoms with van der Waals surface area (Å²) < 4.78 is 0. The summed E-state index contributed by atoms with van der Waals surface area (Å²) in [5, 5.41) is 5.96. The first-order valence-corrected chi connectivity index (χ1v) is 11.3. The minimum absolute atomic E-state index is 0.155. The van der Waals surface area contributed by atoms with Gasteiger partial charge in [-0.3, -0.25) is 9.59 Å². The van der Waals surface area contributed by atoms with Crippen LogP contribution in [0.4, 0.5) is 10.5 Å². The van der Waals surface area contributed by atoms with Crippen LogP contribution in [0, 0.1) is 0 Å². The van der Waals surface area contributed by atoms with E-state index in [-0.39, 0.29) is 30.3 Å². The second-order valence-electron chi connectivity index (χ2n) is 8.49. The predicted octanol–water partition coefficient (Wildman–Crippen LogP) is 3.80. The van der Waals surface area contributed by atoms with Crippen molar-refractivity contribution in [3.63, 3.8) is 0 Å². The second kappa shape index (κ2) is 10.2. The predicted molar refractivity (Wildman–Crippen MR) is 131 cm³/mol. The largest absolute Gasteiger partial charge is 0.369 e.